The van der Waals surface area contributed by atoms with E-state index in [1.54, 1.807) is 4.68 Å². The Bertz CT molecular complexity index is 1180. The molecule has 0 bridgehead atoms. The number of aromatic nitrogens is 3. The molecule has 1 unspecified atom stereocenters. The fraction of sp³-hybridized carbons (Fsp3) is 0.333. The lowest BCUT2D eigenvalue weighted by Crippen LogP contribution is -2.34. The van der Waals surface area contributed by atoms with Crippen molar-refractivity contribution in [1.29, 1.82) is 0 Å². The highest BCUT2D eigenvalue weighted by Crippen LogP contribution is 2.24. The molecule has 1 aliphatic heterocycles. The van der Waals surface area contributed by atoms with Crippen LogP contribution in [0.3, 0.4) is 0 Å². The zero-order chi connectivity index (χ0) is 20.6. The normalized spacial score (nSPS) is 18.4. The third-order valence-corrected chi connectivity index (χ3v) is 7.46. The summed E-state index contributed by atoms with van der Waals surface area (Å²) in [7, 11) is -1.01. The Morgan fingerprint density at radius 2 is 1.93 bits per heavy atom. The van der Waals surface area contributed by atoms with E-state index in [1.807, 2.05) is 72.0 Å². The van der Waals surface area contributed by atoms with Crippen molar-refractivity contribution in [3.63, 3.8) is 0 Å². The van der Waals surface area contributed by atoms with Crippen LogP contribution in [0, 0.1) is 11.7 Å². The lowest BCUT2D eigenvalue weighted by atomic mass is 10.2. The summed E-state index contributed by atoms with van der Waals surface area (Å²) in [6, 6.07) is 18.1. The number of benzene rings is 2. The molecule has 29 heavy (non-hydrogen) atoms. The molecule has 0 saturated carbocycles. The zero-order valence-electron chi connectivity index (χ0n) is 16.5. The maximum atomic E-state index is 11.9. The molecule has 1 saturated heterocycles. The fourth-order valence-electron chi connectivity index (χ4n) is 3.72. The van der Waals surface area contributed by atoms with Gasteiger partial charge in [0.25, 0.3) is 0 Å². The molecular formula is C21H24N4O2S2. The molecule has 6 nitrogen and oxygen atoms in total. The molecule has 4 rings (SSSR count). The lowest BCUT2D eigenvalue weighted by Gasteiger charge is -2.22. The average molecular weight is 429 g/mol. The van der Waals surface area contributed by atoms with Gasteiger partial charge in [0, 0.05) is 11.6 Å². The molecule has 1 fully saturated rings. The van der Waals surface area contributed by atoms with Gasteiger partial charge in [-0.25, -0.2) is 13.1 Å². The minimum Gasteiger partial charge on any atom is -0.283 e. The minimum atomic E-state index is -2.94. The van der Waals surface area contributed by atoms with Gasteiger partial charge in [0.15, 0.2) is 15.7 Å². The van der Waals surface area contributed by atoms with Crippen LogP contribution in [0.2, 0.25) is 0 Å². The van der Waals surface area contributed by atoms with E-state index in [-0.39, 0.29) is 17.5 Å². The number of hydrogen-bond donors (Lipinski definition) is 0. The van der Waals surface area contributed by atoms with Crippen molar-refractivity contribution < 1.29 is 8.42 Å². The van der Waals surface area contributed by atoms with Crippen molar-refractivity contribution >= 4 is 22.1 Å². The van der Waals surface area contributed by atoms with Gasteiger partial charge in [-0.2, -0.15) is 0 Å². The summed E-state index contributed by atoms with van der Waals surface area (Å²) in [6.45, 7) is 2.49. The van der Waals surface area contributed by atoms with Gasteiger partial charge in [-0.3, -0.25) is 9.47 Å². The molecule has 0 radical (unpaired) electrons. The van der Waals surface area contributed by atoms with Gasteiger partial charge in [-0.1, -0.05) is 42.5 Å². The SMILES string of the molecule is Cc1cccc(-n2c(-c3ccccc3)nn(CN(C)C3CCS(=O)(=O)C3)c2=S)c1. The van der Waals surface area contributed by atoms with Crippen molar-refractivity contribution in [3.05, 3.63) is 64.9 Å². The number of rotatable bonds is 5. The Morgan fingerprint density at radius 1 is 1.17 bits per heavy atom. The highest BCUT2D eigenvalue weighted by molar-refractivity contribution is 7.91. The van der Waals surface area contributed by atoms with E-state index in [0.717, 1.165) is 22.6 Å². The number of hydrogen-bond acceptors (Lipinski definition) is 5. The van der Waals surface area contributed by atoms with Crippen molar-refractivity contribution in [2.24, 2.45) is 0 Å². The third-order valence-electron chi connectivity index (χ3n) is 5.32. The minimum absolute atomic E-state index is 0.00815. The van der Waals surface area contributed by atoms with Crippen molar-refractivity contribution in [2.75, 3.05) is 18.6 Å². The van der Waals surface area contributed by atoms with Crippen LogP contribution < -0.4 is 0 Å². The monoisotopic (exact) mass is 428 g/mol. The standard InChI is InChI=1S/C21H24N4O2S2/c1-16-7-6-10-18(13-16)25-20(17-8-4-3-5-9-17)22-24(21(25)28)15-23(2)19-11-12-29(26,27)14-19/h3-10,13,19H,11-12,14-15H2,1-2H3. The Labute approximate surface area is 176 Å². The van der Waals surface area contributed by atoms with E-state index in [4.69, 9.17) is 17.3 Å². The topological polar surface area (TPSA) is 60.1 Å². The number of sulfone groups is 1. The summed E-state index contributed by atoms with van der Waals surface area (Å²) < 4.78 is 28.1. The molecule has 152 valence electrons. The average Bonchev–Trinajstić information content (AvgIpc) is 3.22. The van der Waals surface area contributed by atoms with E-state index < -0.39 is 9.84 Å². The molecule has 2 heterocycles. The lowest BCUT2D eigenvalue weighted by molar-refractivity contribution is 0.196. The second kappa shape index (κ2) is 7.85. The molecule has 0 aliphatic carbocycles. The maximum absolute atomic E-state index is 11.9. The largest absolute Gasteiger partial charge is 0.283 e. The highest BCUT2D eigenvalue weighted by atomic mass is 32.2. The van der Waals surface area contributed by atoms with Crippen LogP contribution in [-0.2, 0) is 16.5 Å². The first-order valence-electron chi connectivity index (χ1n) is 9.57. The second-order valence-electron chi connectivity index (χ2n) is 7.60. The predicted molar refractivity (Wildman–Crippen MR) is 117 cm³/mol. The van der Waals surface area contributed by atoms with E-state index in [2.05, 4.69) is 6.07 Å². The molecule has 3 aromatic rings. The van der Waals surface area contributed by atoms with Crippen LogP contribution in [0.1, 0.15) is 12.0 Å². The van der Waals surface area contributed by atoms with Gasteiger partial charge in [-0.05, 0) is 50.3 Å². The van der Waals surface area contributed by atoms with Crippen molar-refractivity contribution in [3.8, 4) is 17.1 Å². The van der Waals surface area contributed by atoms with Crippen LogP contribution in [0.15, 0.2) is 54.6 Å². The Morgan fingerprint density at radius 3 is 2.59 bits per heavy atom. The second-order valence-corrected chi connectivity index (χ2v) is 10.2. The van der Waals surface area contributed by atoms with Gasteiger partial charge in [0.05, 0.1) is 23.9 Å². The fourth-order valence-corrected chi connectivity index (χ4v) is 5.82. The first kappa shape index (κ1) is 20.0. The molecule has 1 aromatic heterocycles. The molecule has 2 aromatic carbocycles. The molecule has 0 N–H and O–H groups in total. The van der Waals surface area contributed by atoms with Gasteiger partial charge in [0.1, 0.15) is 0 Å². The summed E-state index contributed by atoms with van der Waals surface area (Å²) in [5, 5.41) is 4.82. The van der Waals surface area contributed by atoms with Crippen LogP contribution in [0.4, 0.5) is 0 Å². The van der Waals surface area contributed by atoms with Gasteiger partial charge in [0.2, 0.25) is 4.77 Å². The van der Waals surface area contributed by atoms with Crippen LogP contribution in [-0.4, -0.2) is 52.3 Å². The van der Waals surface area contributed by atoms with Crippen LogP contribution in [0.25, 0.3) is 17.1 Å². The van der Waals surface area contributed by atoms with E-state index >= 15 is 0 Å². The zero-order valence-corrected chi connectivity index (χ0v) is 18.2. The van der Waals surface area contributed by atoms with Crippen molar-refractivity contribution in [1.82, 2.24) is 19.2 Å². The van der Waals surface area contributed by atoms with Gasteiger partial charge < -0.3 is 0 Å². The predicted octanol–water partition coefficient (Wildman–Crippen LogP) is 3.46. The molecule has 1 atom stereocenters. The highest BCUT2D eigenvalue weighted by Gasteiger charge is 2.31. The molecule has 0 spiro atoms. The number of nitrogens with zero attached hydrogens (tertiary/aromatic N) is 4. The van der Waals surface area contributed by atoms with Gasteiger partial charge in [-0.15, -0.1) is 5.10 Å². The first-order valence-corrected chi connectivity index (χ1v) is 11.8. The first-order chi connectivity index (χ1) is 13.8. The summed E-state index contributed by atoms with van der Waals surface area (Å²) in [5.41, 5.74) is 3.08. The number of aryl methyl sites for hydroxylation is 1. The van der Waals surface area contributed by atoms with Gasteiger partial charge >= 0.3 is 0 Å². The van der Waals surface area contributed by atoms with Crippen LogP contribution >= 0.6 is 12.2 Å². The molecule has 0 amide bonds. The van der Waals surface area contributed by atoms with E-state index in [9.17, 15) is 8.42 Å². The summed E-state index contributed by atoms with van der Waals surface area (Å²) in [4.78, 5) is 2.03. The molecule has 1 aliphatic rings. The third kappa shape index (κ3) is 4.19. The molecule has 8 heteroatoms. The summed E-state index contributed by atoms with van der Waals surface area (Å²) in [5.74, 6) is 1.22. The smallest absolute Gasteiger partial charge is 0.204 e. The Balaban J connectivity index is 1.75. The van der Waals surface area contributed by atoms with E-state index in [1.165, 1.54) is 0 Å². The Hall–Kier alpha value is -2.29. The maximum Gasteiger partial charge on any atom is 0.204 e. The summed E-state index contributed by atoms with van der Waals surface area (Å²) >= 11 is 5.79. The Kier molecular flexibility index (Phi) is 5.42. The quantitative estimate of drug-likeness (QED) is 0.583. The van der Waals surface area contributed by atoms with E-state index in [0.29, 0.717) is 17.9 Å². The molecular weight excluding hydrogens is 404 g/mol. The summed E-state index contributed by atoms with van der Waals surface area (Å²) in [6.07, 6.45) is 0.649. The van der Waals surface area contributed by atoms with Crippen molar-refractivity contribution in [2.45, 2.75) is 26.1 Å². The van der Waals surface area contributed by atoms with Crippen LogP contribution in [0.5, 0.6) is 0 Å².